The van der Waals surface area contributed by atoms with Crippen LogP contribution in [0.5, 0.6) is 5.75 Å². The number of nitrogens with zero attached hydrogens (tertiary/aromatic N) is 2. The minimum absolute atomic E-state index is 0.133. The molecule has 1 aromatic carbocycles. The number of ether oxygens (including phenoxy) is 1. The first-order chi connectivity index (χ1) is 9.72. The predicted molar refractivity (Wildman–Crippen MR) is 75.6 cm³/mol. The molecule has 0 unspecified atom stereocenters. The highest BCUT2D eigenvalue weighted by Gasteiger charge is 2.27. The Morgan fingerprint density at radius 2 is 2.25 bits per heavy atom. The van der Waals surface area contributed by atoms with Crippen LogP contribution in [0.1, 0.15) is 29.4 Å². The molecule has 1 aliphatic heterocycles. The van der Waals surface area contributed by atoms with Gasteiger partial charge in [0.05, 0.1) is 5.69 Å². The summed E-state index contributed by atoms with van der Waals surface area (Å²) in [5.74, 6) is 0.704. The van der Waals surface area contributed by atoms with Gasteiger partial charge in [0.1, 0.15) is 12.4 Å². The maximum Gasteiger partial charge on any atom is 0.272 e. The van der Waals surface area contributed by atoms with Crippen LogP contribution in [0.25, 0.3) is 11.3 Å². The molecule has 2 aromatic rings. The molecule has 0 atom stereocenters. The zero-order valence-electron chi connectivity index (χ0n) is 11.6. The van der Waals surface area contributed by atoms with E-state index in [2.05, 4.69) is 10.4 Å². The van der Waals surface area contributed by atoms with Gasteiger partial charge < -0.3 is 10.1 Å². The number of rotatable bonds is 3. The molecule has 5 nitrogen and oxygen atoms in total. The van der Waals surface area contributed by atoms with E-state index in [1.54, 1.807) is 4.68 Å². The maximum absolute atomic E-state index is 12.2. The number of carbonyl (C=O) groups is 1. The summed E-state index contributed by atoms with van der Waals surface area (Å²) >= 11 is 0. The molecule has 0 bridgehead atoms. The number of fused-ring (bicyclic) bond motifs is 3. The highest BCUT2D eigenvalue weighted by Crippen LogP contribution is 2.38. The molecule has 104 valence electrons. The van der Waals surface area contributed by atoms with Crippen LogP contribution in [0.15, 0.2) is 24.3 Å². The summed E-state index contributed by atoms with van der Waals surface area (Å²) in [6, 6.07) is 7.82. The first-order valence-electron chi connectivity index (χ1n) is 6.78. The second kappa shape index (κ2) is 5.00. The van der Waals surface area contributed by atoms with Crippen LogP contribution >= 0.6 is 0 Å². The molecule has 0 radical (unpaired) electrons. The summed E-state index contributed by atoms with van der Waals surface area (Å²) in [4.78, 5) is 12.2. The van der Waals surface area contributed by atoms with E-state index in [9.17, 15) is 4.79 Å². The SMILES string of the molecule is CCCNC(=O)c1nn(C)c2c1COc1ccccc1-2. The molecule has 2 heterocycles. The van der Waals surface area contributed by atoms with Crippen molar-refractivity contribution in [2.75, 3.05) is 6.54 Å². The van der Waals surface area contributed by atoms with Crippen molar-refractivity contribution in [3.8, 4) is 17.0 Å². The van der Waals surface area contributed by atoms with E-state index >= 15 is 0 Å². The van der Waals surface area contributed by atoms with E-state index in [1.807, 2.05) is 38.2 Å². The van der Waals surface area contributed by atoms with E-state index in [0.29, 0.717) is 18.8 Å². The summed E-state index contributed by atoms with van der Waals surface area (Å²) < 4.78 is 7.49. The van der Waals surface area contributed by atoms with Crippen molar-refractivity contribution in [1.82, 2.24) is 15.1 Å². The van der Waals surface area contributed by atoms with Gasteiger partial charge >= 0.3 is 0 Å². The van der Waals surface area contributed by atoms with Crippen LogP contribution in [0.2, 0.25) is 0 Å². The summed E-state index contributed by atoms with van der Waals surface area (Å²) in [6.45, 7) is 3.06. The third-order valence-electron chi connectivity index (χ3n) is 3.41. The van der Waals surface area contributed by atoms with Crippen molar-refractivity contribution in [3.05, 3.63) is 35.5 Å². The lowest BCUT2D eigenvalue weighted by Crippen LogP contribution is -2.26. The largest absolute Gasteiger partial charge is 0.488 e. The summed E-state index contributed by atoms with van der Waals surface area (Å²) in [7, 11) is 1.86. The molecule has 20 heavy (non-hydrogen) atoms. The zero-order chi connectivity index (χ0) is 14.1. The second-order valence-electron chi connectivity index (χ2n) is 4.84. The lowest BCUT2D eigenvalue weighted by atomic mass is 10.0. The molecule has 0 saturated heterocycles. The van der Waals surface area contributed by atoms with Crippen LogP contribution in [0, 0.1) is 0 Å². The van der Waals surface area contributed by atoms with Crippen molar-refractivity contribution in [2.24, 2.45) is 7.05 Å². The third-order valence-corrected chi connectivity index (χ3v) is 3.41. The van der Waals surface area contributed by atoms with E-state index in [0.717, 1.165) is 29.0 Å². The van der Waals surface area contributed by atoms with Crippen LogP contribution in [-0.2, 0) is 13.7 Å². The Balaban J connectivity index is 2.05. The smallest absolute Gasteiger partial charge is 0.272 e. The molecular weight excluding hydrogens is 254 g/mol. The number of amides is 1. The molecular formula is C15H17N3O2. The third kappa shape index (κ3) is 1.95. The van der Waals surface area contributed by atoms with Crippen LogP contribution in [-0.4, -0.2) is 22.2 Å². The van der Waals surface area contributed by atoms with Crippen molar-refractivity contribution in [2.45, 2.75) is 20.0 Å². The van der Waals surface area contributed by atoms with Crippen LogP contribution < -0.4 is 10.1 Å². The second-order valence-corrected chi connectivity index (χ2v) is 4.84. The fourth-order valence-electron chi connectivity index (χ4n) is 2.48. The normalized spacial score (nSPS) is 12.3. The van der Waals surface area contributed by atoms with Gasteiger partial charge in [-0.15, -0.1) is 0 Å². The number of nitrogens with one attached hydrogen (secondary N) is 1. The lowest BCUT2D eigenvalue weighted by molar-refractivity contribution is 0.0945. The first-order valence-corrected chi connectivity index (χ1v) is 6.78. The quantitative estimate of drug-likeness (QED) is 0.930. The fourth-order valence-corrected chi connectivity index (χ4v) is 2.48. The van der Waals surface area contributed by atoms with E-state index in [4.69, 9.17) is 4.74 Å². The van der Waals surface area contributed by atoms with E-state index in [1.165, 1.54) is 0 Å². The molecule has 3 rings (SSSR count). The fraction of sp³-hybridized carbons (Fsp3) is 0.333. The molecule has 1 N–H and O–H groups in total. The standard InChI is InChI=1S/C15H17N3O2/c1-3-8-16-15(19)13-11-9-20-12-7-5-4-6-10(12)14(11)18(2)17-13/h4-7H,3,8-9H2,1-2H3,(H,16,19). The average molecular weight is 271 g/mol. The highest BCUT2D eigenvalue weighted by molar-refractivity contribution is 5.96. The number of hydrogen-bond acceptors (Lipinski definition) is 3. The Bertz CT molecular complexity index is 661. The van der Waals surface area contributed by atoms with E-state index in [-0.39, 0.29) is 5.91 Å². The predicted octanol–water partition coefficient (Wildman–Crippen LogP) is 2.12. The Labute approximate surface area is 117 Å². The van der Waals surface area contributed by atoms with Crippen LogP contribution in [0.3, 0.4) is 0 Å². The molecule has 0 fully saturated rings. The summed E-state index contributed by atoms with van der Waals surface area (Å²) in [5, 5.41) is 7.23. The lowest BCUT2D eigenvalue weighted by Gasteiger charge is -2.18. The van der Waals surface area contributed by atoms with Crippen molar-refractivity contribution in [1.29, 1.82) is 0 Å². The molecule has 1 amide bonds. The Kier molecular flexibility index (Phi) is 3.18. The molecule has 1 aliphatic rings. The van der Waals surface area contributed by atoms with Gasteiger partial charge in [0.25, 0.3) is 5.91 Å². The van der Waals surface area contributed by atoms with Gasteiger partial charge in [-0.05, 0) is 18.6 Å². The number of hydrogen-bond donors (Lipinski definition) is 1. The maximum atomic E-state index is 12.2. The molecule has 0 saturated carbocycles. The van der Waals surface area contributed by atoms with Gasteiger partial charge in [-0.2, -0.15) is 5.10 Å². The zero-order valence-corrected chi connectivity index (χ0v) is 11.6. The number of para-hydroxylation sites is 1. The minimum atomic E-state index is -0.133. The Morgan fingerprint density at radius 3 is 3.05 bits per heavy atom. The molecule has 0 aliphatic carbocycles. The van der Waals surface area contributed by atoms with Gasteiger partial charge in [-0.1, -0.05) is 19.1 Å². The number of aryl methyl sites for hydroxylation is 1. The highest BCUT2D eigenvalue weighted by atomic mass is 16.5. The minimum Gasteiger partial charge on any atom is -0.488 e. The van der Waals surface area contributed by atoms with Gasteiger partial charge in [-0.3, -0.25) is 9.48 Å². The topological polar surface area (TPSA) is 56.2 Å². The van der Waals surface area contributed by atoms with Crippen molar-refractivity contribution in [3.63, 3.8) is 0 Å². The summed E-state index contributed by atoms with van der Waals surface area (Å²) in [5.41, 5.74) is 3.28. The number of benzene rings is 1. The molecule has 1 aromatic heterocycles. The van der Waals surface area contributed by atoms with E-state index < -0.39 is 0 Å². The molecule has 0 spiro atoms. The van der Waals surface area contributed by atoms with Gasteiger partial charge in [0.2, 0.25) is 0 Å². The first kappa shape index (κ1) is 12.7. The monoisotopic (exact) mass is 271 g/mol. The van der Waals surface area contributed by atoms with Crippen molar-refractivity contribution < 1.29 is 9.53 Å². The Morgan fingerprint density at radius 1 is 1.45 bits per heavy atom. The summed E-state index contributed by atoms with van der Waals surface area (Å²) in [6.07, 6.45) is 0.903. The Hall–Kier alpha value is -2.30. The van der Waals surface area contributed by atoms with Gasteiger partial charge in [-0.25, -0.2) is 0 Å². The van der Waals surface area contributed by atoms with Crippen molar-refractivity contribution >= 4 is 5.91 Å². The number of carbonyl (C=O) groups excluding carboxylic acids is 1. The average Bonchev–Trinajstić information content (AvgIpc) is 2.82. The van der Waals surface area contributed by atoms with Gasteiger partial charge in [0, 0.05) is 24.7 Å². The van der Waals surface area contributed by atoms with Gasteiger partial charge in [0.15, 0.2) is 5.69 Å². The number of aromatic nitrogens is 2. The molecule has 5 heteroatoms. The van der Waals surface area contributed by atoms with Crippen LogP contribution in [0.4, 0.5) is 0 Å².